The predicted molar refractivity (Wildman–Crippen MR) is 75.0 cm³/mol. The Balaban J connectivity index is 2.63. The van der Waals surface area contributed by atoms with Crippen LogP contribution in [0.1, 0.15) is 13.8 Å². The highest BCUT2D eigenvalue weighted by Crippen LogP contribution is 2.22. The van der Waals surface area contributed by atoms with Crippen molar-refractivity contribution in [1.82, 2.24) is 14.9 Å². The first kappa shape index (κ1) is 14.2. The molecule has 0 amide bonds. The summed E-state index contributed by atoms with van der Waals surface area (Å²) in [5.74, 6) is 1.02. The Kier molecular flexibility index (Phi) is 4.70. The summed E-state index contributed by atoms with van der Waals surface area (Å²) < 4.78 is 0.826. The van der Waals surface area contributed by atoms with Crippen LogP contribution < -0.4 is 11.1 Å². The average Bonchev–Trinajstić information content (AvgIpc) is 2.17. The van der Waals surface area contributed by atoms with Crippen molar-refractivity contribution in [3.05, 3.63) is 10.7 Å². The summed E-state index contributed by atoms with van der Waals surface area (Å²) in [5.41, 5.74) is 5.71. The van der Waals surface area contributed by atoms with Gasteiger partial charge in [0.2, 0.25) is 5.95 Å². The molecule has 0 saturated carbocycles. The van der Waals surface area contributed by atoms with Gasteiger partial charge in [0.1, 0.15) is 5.82 Å². The lowest BCUT2D eigenvalue weighted by Gasteiger charge is -2.28. The van der Waals surface area contributed by atoms with Gasteiger partial charge >= 0.3 is 0 Å². The lowest BCUT2D eigenvalue weighted by molar-refractivity contribution is 0.254. The van der Waals surface area contributed by atoms with Gasteiger partial charge < -0.3 is 16.0 Å². The fourth-order valence-electron chi connectivity index (χ4n) is 1.74. The van der Waals surface area contributed by atoms with Gasteiger partial charge in [0.05, 0.1) is 4.47 Å². The molecule has 6 heteroatoms. The predicted octanol–water partition coefficient (Wildman–Crippen LogP) is 1.82. The Bertz CT molecular complexity index is 378. The van der Waals surface area contributed by atoms with E-state index in [0.29, 0.717) is 0 Å². The van der Waals surface area contributed by atoms with Crippen LogP contribution in [0.15, 0.2) is 10.7 Å². The summed E-state index contributed by atoms with van der Waals surface area (Å²) in [4.78, 5) is 10.2. The number of halogens is 1. The largest absolute Gasteiger partial charge is 0.368 e. The fraction of sp³-hybridized carbons (Fsp3) is 0.636. The minimum Gasteiger partial charge on any atom is -0.368 e. The van der Waals surface area contributed by atoms with Crippen molar-refractivity contribution in [2.45, 2.75) is 13.8 Å². The number of aromatic nitrogens is 2. The minimum atomic E-state index is 0.155. The fourth-order valence-corrected chi connectivity index (χ4v) is 2.07. The van der Waals surface area contributed by atoms with Gasteiger partial charge in [-0.3, -0.25) is 0 Å². The Morgan fingerprint density at radius 1 is 1.47 bits per heavy atom. The normalized spacial score (nSPS) is 11.9. The van der Waals surface area contributed by atoms with E-state index in [-0.39, 0.29) is 11.4 Å². The van der Waals surface area contributed by atoms with Crippen molar-refractivity contribution in [2.75, 3.05) is 38.2 Å². The Hall–Kier alpha value is -0.880. The molecule has 17 heavy (non-hydrogen) atoms. The summed E-state index contributed by atoms with van der Waals surface area (Å²) >= 11 is 3.40. The summed E-state index contributed by atoms with van der Waals surface area (Å²) in [5, 5.41) is 3.29. The molecular weight excluding hydrogens is 282 g/mol. The van der Waals surface area contributed by atoms with Crippen molar-refractivity contribution in [1.29, 1.82) is 0 Å². The standard InChI is InChI=1S/C11H20BrN5/c1-11(2,7-17(3)4)6-15-9-8(12)5-14-10(13)16-9/h5H,6-7H2,1-4H3,(H3,13,14,15,16). The van der Waals surface area contributed by atoms with E-state index in [4.69, 9.17) is 5.73 Å². The SMILES string of the molecule is CN(C)CC(C)(C)CNc1nc(N)ncc1Br. The number of hydrogen-bond donors (Lipinski definition) is 2. The molecule has 0 bridgehead atoms. The Morgan fingerprint density at radius 3 is 2.71 bits per heavy atom. The molecule has 0 unspecified atom stereocenters. The molecule has 0 saturated heterocycles. The van der Waals surface area contributed by atoms with Gasteiger partial charge in [0, 0.05) is 19.3 Å². The van der Waals surface area contributed by atoms with Crippen molar-refractivity contribution >= 4 is 27.7 Å². The van der Waals surface area contributed by atoms with Crippen LogP contribution >= 0.6 is 15.9 Å². The first-order chi connectivity index (χ1) is 7.80. The van der Waals surface area contributed by atoms with Crippen molar-refractivity contribution in [3.63, 3.8) is 0 Å². The second kappa shape index (κ2) is 5.64. The molecule has 1 rings (SSSR count). The summed E-state index contributed by atoms with van der Waals surface area (Å²) in [6.45, 7) is 6.23. The maximum Gasteiger partial charge on any atom is 0.221 e. The Morgan fingerprint density at radius 2 is 2.12 bits per heavy atom. The summed E-state index contributed by atoms with van der Waals surface area (Å²) in [6, 6.07) is 0. The van der Waals surface area contributed by atoms with Gasteiger partial charge in [0.25, 0.3) is 0 Å². The summed E-state index contributed by atoms with van der Waals surface area (Å²) in [7, 11) is 4.14. The summed E-state index contributed by atoms with van der Waals surface area (Å²) in [6.07, 6.45) is 1.66. The van der Waals surface area contributed by atoms with Crippen LogP contribution in [0.4, 0.5) is 11.8 Å². The van der Waals surface area contributed by atoms with Gasteiger partial charge in [-0.05, 0) is 35.4 Å². The van der Waals surface area contributed by atoms with E-state index in [9.17, 15) is 0 Å². The zero-order valence-corrected chi connectivity index (χ0v) is 12.4. The van der Waals surface area contributed by atoms with E-state index >= 15 is 0 Å². The number of nitrogen functional groups attached to an aromatic ring is 1. The number of anilines is 2. The third kappa shape index (κ3) is 4.87. The van der Waals surface area contributed by atoms with Crippen LogP contribution in [0.2, 0.25) is 0 Å². The van der Waals surface area contributed by atoms with Crippen LogP contribution in [-0.4, -0.2) is 42.1 Å². The third-order valence-electron chi connectivity index (χ3n) is 2.24. The molecule has 3 N–H and O–H groups in total. The van der Waals surface area contributed by atoms with E-state index in [0.717, 1.165) is 23.4 Å². The van der Waals surface area contributed by atoms with E-state index < -0.39 is 0 Å². The quantitative estimate of drug-likeness (QED) is 0.868. The van der Waals surface area contributed by atoms with Crippen LogP contribution in [0.3, 0.4) is 0 Å². The van der Waals surface area contributed by atoms with Gasteiger partial charge in [-0.1, -0.05) is 13.8 Å². The van der Waals surface area contributed by atoms with Crippen molar-refractivity contribution < 1.29 is 0 Å². The second-order valence-electron chi connectivity index (χ2n) is 5.18. The van der Waals surface area contributed by atoms with E-state index in [1.807, 2.05) is 0 Å². The van der Waals surface area contributed by atoms with Crippen molar-refractivity contribution in [2.24, 2.45) is 5.41 Å². The molecule has 0 atom stereocenters. The topological polar surface area (TPSA) is 67.1 Å². The number of nitrogens with zero attached hydrogens (tertiary/aromatic N) is 3. The van der Waals surface area contributed by atoms with Gasteiger partial charge in [-0.2, -0.15) is 4.98 Å². The lowest BCUT2D eigenvalue weighted by Crippen LogP contribution is -2.34. The van der Waals surface area contributed by atoms with E-state index in [2.05, 4.69) is 64.1 Å². The second-order valence-corrected chi connectivity index (χ2v) is 6.03. The highest BCUT2D eigenvalue weighted by atomic mass is 79.9. The molecule has 0 aliphatic rings. The van der Waals surface area contributed by atoms with Crippen LogP contribution in [0, 0.1) is 5.41 Å². The first-order valence-electron chi connectivity index (χ1n) is 5.47. The Labute approximate surface area is 111 Å². The van der Waals surface area contributed by atoms with Crippen LogP contribution in [0.5, 0.6) is 0 Å². The monoisotopic (exact) mass is 301 g/mol. The molecule has 0 radical (unpaired) electrons. The number of nitrogens with one attached hydrogen (secondary N) is 1. The van der Waals surface area contributed by atoms with Crippen molar-refractivity contribution in [3.8, 4) is 0 Å². The zero-order valence-electron chi connectivity index (χ0n) is 10.8. The van der Waals surface area contributed by atoms with Gasteiger partial charge in [0.15, 0.2) is 0 Å². The van der Waals surface area contributed by atoms with E-state index in [1.54, 1.807) is 6.20 Å². The molecule has 1 aromatic rings. The average molecular weight is 302 g/mol. The molecule has 1 aromatic heterocycles. The highest BCUT2D eigenvalue weighted by Gasteiger charge is 2.19. The number of rotatable bonds is 5. The van der Waals surface area contributed by atoms with Crippen LogP contribution in [-0.2, 0) is 0 Å². The molecule has 96 valence electrons. The first-order valence-corrected chi connectivity index (χ1v) is 6.26. The molecule has 1 heterocycles. The maximum atomic E-state index is 5.56. The minimum absolute atomic E-state index is 0.155. The van der Waals surface area contributed by atoms with Crippen LogP contribution in [0.25, 0.3) is 0 Å². The molecule has 5 nitrogen and oxygen atoms in total. The van der Waals surface area contributed by atoms with Gasteiger partial charge in [-0.15, -0.1) is 0 Å². The number of nitrogens with two attached hydrogens (primary N) is 1. The molecule has 0 fully saturated rings. The lowest BCUT2D eigenvalue weighted by atomic mass is 9.93. The zero-order chi connectivity index (χ0) is 13.1. The molecule has 0 aliphatic heterocycles. The molecule has 0 spiro atoms. The van der Waals surface area contributed by atoms with Gasteiger partial charge in [-0.25, -0.2) is 4.98 Å². The molecule has 0 aromatic carbocycles. The van der Waals surface area contributed by atoms with E-state index in [1.165, 1.54) is 0 Å². The molecular formula is C11H20BrN5. The smallest absolute Gasteiger partial charge is 0.221 e. The number of hydrogen-bond acceptors (Lipinski definition) is 5. The molecule has 0 aliphatic carbocycles. The highest BCUT2D eigenvalue weighted by molar-refractivity contribution is 9.10. The third-order valence-corrected chi connectivity index (χ3v) is 2.82. The maximum absolute atomic E-state index is 5.56.